The van der Waals surface area contributed by atoms with E-state index in [1.54, 1.807) is 0 Å². The Morgan fingerprint density at radius 1 is 1.00 bits per heavy atom. The number of aliphatic carboxylic acids is 1. The zero-order chi connectivity index (χ0) is 14.4. The number of rotatable bonds is 4. The Kier molecular flexibility index (Phi) is 5.62. The molecule has 2 fully saturated rings. The highest BCUT2D eigenvalue weighted by atomic mass is 16.4. The Labute approximate surface area is 120 Å². The summed E-state index contributed by atoms with van der Waals surface area (Å²) in [5.41, 5.74) is 0.299. The average Bonchev–Trinajstić information content (AvgIpc) is 2.48. The second-order valence-corrected chi connectivity index (χ2v) is 6.01. The molecule has 4 nitrogen and oxygen atoms in total. The summed E-state index contributed by atoms with van der Waals surface area (Å²) in [6, 6.07) is 0. The van der Waals surface area contributed by atoms with Gasteiger partial charge in [0.15, 0.2) is 0 Å². The molecule has 1 aliphatic heterocycles. The molecule has 0 spiro atoms. The van der Waals surface area contributed by atoms with Crippen LogP contribution in [0.5, 0.6) is 0 Å². The summed E-state index contributed by atoms with van der Waals surface area (Å²) in [5, 5.41) is 9.31. The first-order chi connectivity index (χ1) is 9.66. The molecule has 1 saturated heterocycles. The smallest absolute Gasteiger partial charge is 0.331 e. The van der Waals surface area contributed by atoms with E-state index in [-0.39, 0.29) is 12.3 Å². The van der Waals surface area contributed by atoms with Crippen LogP contribution in [0.3, 0.4) is 0 Å². The Bertz CT molecular complexity index is 377. The number of hydrogen-bond acceptors (Lipinski definition) is 2. The van der Waals surface area contributed by atoms with E-state index in [1.165, 1.54) is 25.7 Å². The van der Waals surface area contributed by atoms with Crippen molar-refractivity contribution in [2.75, 3.05) is 13.1 Å². The van der Waals surface area contributed by atoms with Crippen molar-refractivity contribution in [3.8, 4) is 0 Å². The third-order valence-electron chi connectivity index (χ3n) is 4.41. The van der Waals surface area contributed by atoms with Crippen LogP contribution in [-0.4, -0.2) is 35.0 Å². The van der Waals surface area contributed by atoms with E-state index in [2.05, 4.69) is 0 Å². The first-order valence-electron chi connectivity index (χ1n) is 7.88. The standard InChI is InChI=1S/C16H25NO3/c18-15(17-9-5-2-6-10-17)12-14(16(19)20)11-13-7-3-1-4-8-13/h11,13H,1-10,12H2,(H,19,20)/b14-11+. The molecule has 0 aromatic carbocycles. The van der Waals surface area contributed by atoms with Gasteiger partial charge in [0.1, 0.15) is 0 Å². The molecule has 4 heteroatoms. The Morgan fingerprint density at radius 2 is 1.60 bits per heavy atom. The van der Waals surface area contributed by atoms with Gasteiger partial charge < -0.3 is 10.0 Å². The molecule has 0 atom stereocenters. The summed E-state index contributed by atoms with van der Waals surface area (Å²) < 4.78 is 0. The summed E-state index contributed by atoms with van der Waals surface area (Å²) in [6.07, 6.45) is 10.9. The number of hydrogen-bond donors (Lipinski definition) is 1. The van der Waals surface area contributed by atoms with Crippen molar-refractivity contribution in [2.45, 2.75) is 57.8 Å². The fourth-order valence-corrected chi connectivity index (χ4v) is 3.21. The topological polar surface area (TPSA) is 57.6 Å². The largest absolute Gasteiger partial charge is 0.478 e. The first kappa shape index (κ1) is 15.1. The molecule has 0 aromatic rings. The van der Waals surface area contributed by atoms with Crippen LogP contribution >= 0.6 is 0 Å². The monoisotopic (exact) mass is 279 g/mol. The van der Waals surface area contributed by atoms with Crippen molar-refractivity contribution < 1.29 is 14.7 Å². The van der Waals surface area contributed by atoms with E-state index in [1.807, 2.05) is 11.0 Å². The maximum absolute atomic E-state index is 12.2. The van der Waals surface area contributed by atoms with Crippen molar-refractivity contribution in [3.05, 3.63) is 11.6 Å². The van der Waals surface area contributed by atoms with Crippen LogP contribution in [0.1, 0.15) is 57.8 Å². The van der Waals surface area contributed by atoms with Crippen molar-refractivity contribution in [2.24, 2.45) is 5.92 Å². The van der Waals surface area contributed by atoms with Crippen LogP contribution in [0, 0.1) is 5.92 Å². The minimum atomic E-state index is -0.930. The van der Waals surface area contributed by atoms with Crippen molar-refractivity contribution in [1.82, 2.24) is 4.90 Å². The third kappa shape index (κ3) is 4.36. The minimum Gasteiger partial charge on any atom is -0.478 e. The van der Waals surface area contributed by atoms with E-state index < -0.39 is 5.97 Å². The lowest BCUT2D eigenvalue weighted by molar-refractivity contribution is -0.136. The lowest BCUT2D eigenvalue weighted by Gasteiger charge is -2.27. The molecule has 112 valence electrons. The van der Waals surface area contributed by atoms with Crippen LogP contribution < -0.4 is 0 Å². The minimum absolute atomic E-state index is 0.0193. The molecule has 1 saturated carbocycles. The zero-order valence-electron chi connectivity index (χ0n) is 12.1. The number of carbonyl (C=O) groups excluding carboxylic acids is 1. The number of amides is 1. The van der Waals surface area contributed by atoms with Gasteiger partial charge in [-0.25, -0.2) is 4.79 Å². The quantitative estimate of drug-likeness (QED) is 0.805. The van der Waals surface area contributed by atoms with Gasteiger partial charge in [-0.3, -0.25) is 4.79 Å². The number of nitrogens with zero attached hydrogens (tertiary/aromatic N) is 1. The van der Waals surface area contributed by atoms with Crippen LogP contribution in [0.25, 0.3) is 0 Å². The van der Waals surface area contributed by atoms with Crippen LogP contribution in [0.4, 0.5) is 0 Å². The molecule has 2 rings (SSSR count). The Morgan fingerprint density at radius 3 is 2.20 bits per heavy atom. The van der Waals surface area contributed by atoms with Crippen LogP contribution in [-0.2, 0) is 9.59 Å². The summed E-state index contributed by atoms with van der Waals surface area (Å²) in [7, 11) is 0. The van der Waals surface area contributed by atoms with Gasteiger partial charge in [0, 0.05) is 18.7 Å². The molecule has 1 aliphatic carbocycles. The van der Waals surface area contributed by atoms with E-state index in [9.17, 15) is 14.7 Å². The zero-order valence-corrected chi connectivity index (χ0v) is 12.1. The summed E-state index contributed by atoms with van der Waals surface area (Å²) in [5.74, 6) is -0.598. The lowest BCUT2D eigenvalue weighted by Crippen LogP contribution is -2.36. The SMILES string of the molecule is O=C(O)/C(=C/C1CCCCC1)CC(=O)N1CCCCC1. The van der Waals surface area contributed by atoms with E-state index in [4.69, 9.17) is 0 Å². The van der Waals surface area contributed by atoms with Gasteiger partial charge in [0.05, 0.1) is 6.42 Å². The molecule has 1 amide bonds. The highest BCUT2D eigenvalue weighted by molar-refractivity contribution is 5.94. The summed E-state index contributed by atoms with van der Waals surface area (Å²) in [6.45, 7) is 1.57. The van der Waals surface area contributed by atoms with Crippen molar-refractivity contribution in [1.29, 1.82) is 0 Å². The fraction of sp³-hybridized carbons (Fsp3) is 0.750. The van der Waals surface area contributed by atoms with Gasteiger partial charge in [0.2, 0.25) is 5.91 Å². The normalized spacial score (nSPS) is 21.8. The number of piperidine rings is 1. The highest BCUT2D eigenvalue weighted by Gasteiger charge is 2.22. The van der Waals surface area contributed by atoms with Gasteiger partial charge in [-0.1, -0.05) is 25.3 Å². The number of allylic oxidation sites excluding steroid dienone is 1. The summed E-state index contributed by atoms with van der Waals surface area (Å²) in [4.78, 5) is 25.3. The summed E-state index contributed by atoms with van der Waals surface area (Å²) >= 11 is 0. The molecule has 20 heavy (non-hydrogen) atoms. The molecule has 1 heterocycles. The number of carboxylic acids is 1. The number of likely N-dealkylation sites (tertiary alicyclic amines) is 1. The van der Waals surface area contributed by atoms with Crippen molar-refractivity contribution >= 4 is 11.9 Å². The third-order valence-corrected chi connectivity index (χ3v) is 4.41. The van der Waals surface area contributed by atoms with Crippen molar-refractivity contribution in [3.63, 3.8) is 0 Å². The van der Waals surface area contributed by atoms with Gasteiger partial charge in [0.25, 0.3) is 0 Å². The Balaban J connectivity index is 1.95. The molecule has 0 aromatic heterocycles. The predicted octanol–water partition coefficient (Wildman–Crippen LogP) is 2.98. The second kappa shape index (κ2) is 7.46. The maximum atomic E-state index is 12.2. The van der Waals surface area contributed by atoms with Crippen LogP contribution in [0.2, 0.25) is 0 Å². The Hall–Kier alpha value is -1.32. The number of carboxylic acid groups (broad SMARTS) is 1. The van der Waals surface area contributed by atoms with Gasteiger partial charge >= 0.3 is 5.97 Å². The average molecular weight is 279 g/mol. The maximum Gasteiger partial charge on any atom is 0.331 e. The van der Waals surface area contributed by atoms with Gasteiger partial charge in [-0.15, -0.1) is 0 Å². The van der Waals surface area contributed by atoms with Crippen LogP contribution in [0.15, 0.2) is 11.6 Å². The predicted molar refractivity (Wildman–Crippen MR) is 77.3 cm³/mol. The molecule has 2 aliphatic rings. The molecule has 0 radical (unpaired) electrons. The highest BCUT2D eigenvalue weighted by Crippen LogP contribution is 2.26. The molecule has 0 unspecified atom stereocenters. The first-order valence-corrected chi connectivity index (χ1v) is 7.88. The van der Waals surface area contributed by atoms with Gasteiger partial charge in [-0.05, 0) is 38.0 Å². The molecule has 0 bridgehead atoms. The molecule has 1 N–H and O–H groups in total. The van der Waals surface area contributed by atoms with E-state index in [0.717, 1.165) is 38.8 Å². The molecular weight excluding hydrogens is 254 g/mol. The second-order valence-electron chi connectivity index (χ2n) is 6.01. The fourth-order valence-electron chi connectivity index (χ4n) is 3.21. The van der Waals surface area contributed by atoms with E-state index >= 15 is 0 Å². The number of carbonyl (C=O) groups is 2. The van der Waals surface area contributed by atoms with Gasteiger partial charge in [-0.2, -0.15) is 0 Å². The van der Waals surface area contributed by atoms with E-state index in [0.29, 0.717) is 11.5 Å². The molecular formula is C16H25NO3. The lowest BCUT2D eigenvalue weighted by atomic mass is 9.87.